The Bertz CT molecular complexity index is 968. The molecule has 2 aliphatic rings. The minimum absolute atomic E-state index is 0.685. The summed E-state index contributed by atoms with van der Waals surface area (Å²) in [6.45, 7) is 4.41. The molecule has 1 fully saturated rings. The highest BCUT2D eigenvalue weighted by Crippen LogP contribution is 2.41. The number of nitrogens with one attached hydrogen (secondary N) is 1. The second-order valence-corrected chi connectivity index (χ2v) is 8.60. The Morgan fingerprint density at radius 1 is 1.11 bits per heavy atom. The van der Waals surface area contributed by atoms with Crippen LogP contribution in [-0.4, -0.2) is 36.3 Å². The number of aromatic nitrogens is 2. The highest BCUT2D eigenvalue weighted by Gasteiger charge is 2.25. The van der Waals surface area contributed by atoms with Crippen LogP contribution in [0.25, 0.3) is 10.2 Å². The second-order valence-electron chi connectivity index (χ2n) is 7.08. The predicted octanol–water partition coefficient (Wildman–Crippen LogP) is 3.04. The van der Waals surface area contributed by atoms with E-state index in [1.165, 1.54) is 21.8 Å². The lowest BCUT2D eigenvalue weighted by atomic mass is 10.2. The van der Waals surface area contributed by atoms with Gasteiger partial charge in [0.15, 0.2) is 5.82 Å². The van der Waals surface area contributed by atoms with E-state index in [1.54, 1.807) is 11.3 Å². The molecule has 1 aromatic carbocycles. The lowest BCUT2D eigenvalue weighted by Crippen LogP contribution is -3.12. The van der Waals surface area contributed by atoms with Gasteiger partial charge in [0.05, 0.1) is 18.6 Å². The summed E-state index contributed by atoms with van der Waals surface area (Å²) in [5.74, 6) is 2.29. The fourth-order valence-corrected chi connectivity index (χ4v) is 5.23. The number of benzene rings is 1. The average molecular weight is 403 g/mol. The summed E-state index contributed by atoms with van der Waals surface area (Å²) >= 11 is 7.81. The van der Waals surface area contributed by atoms with Crippen molar-refractivity contribution in [2.24, 2.45) is 0 Å². The van der Waals surface area contributed by atoms with Gasteiger partial charge in [0.2, 0.25) is 5.88 Å². The molecule has 1 aliphatic carbocycles. The monoisotopic (exact) mass is 402 g/mol. The number of rotatable bonds is 4. The summed E-state index contributed by atoms with van der Waals surface area (Å²) in [5, 5.41) is 1.80. The molecule has 2 aromatic heterocycles. The van der Waals surface area contributed by atoms with Crippen molar-refractivity contribution in [1.29, 1.82) is 0 Å². The molecule has 0 unspecified atom stereocenters. The number of quaternary nitrogens is 1. The van der Waals surface area contributed by atoms with Crippen molar-refractivity contribution in [3.63, 3.8) is 0 Å². The van der Waals surface area contributed by atoms with Gasteiger partial charge in [-0.15, -0.1) is 11.3 Å². The zero-order valence-corrected chi connectivity index (χ0v) is 16.5. The highest BCUT2D eigenvalue weighted by molar-refractivity contribution is 7.19. The molecular formula is C20H21ClN3O2S+. The second kappa shape index (κ2) is 7.36. The molecule has 7 heteroatoms. The zero-order valence-electron chi connectivity index (χ0n) is 15.0. The van der Waals surface area contributed by atoms with Crippen LogP contribution in [-0.2, 0) is 24.1 Å². The van der Waals surface area contributed by atoms with Gasteiger partial charge in [0.1, 0.15) is 30.2 Å². The maximum absolute atomic E-state index is 6.22. The van der Waals surface area contributed by atoms with Gasteiger partial charge in [0.25, 0.3) is 0 Å². The quantitative estimate of drug-likeness (QED) is 0.728. The van der Waals surface area contributed by atoms with E-state index in [9.17, 15) is 0 Å². The molecule has 0 amide bonds. The van der Waals surface area contributed by atoms with Crippen LogP contribution in [0.1, 0.15) is 22.7 Å². The van der Waals surface area contributed by atoms with Gasteiger partial charge in [-0.1, -0.05) is 11.6 Å². The van der Waals surface area contributed by atoms with Crippen molar-refractivity contribution in [3.8, 4) is 11.6 Å². The van der Waals surface area contributed by atoms with Crippen molar-refractivity contribution in [3.05, 3.63) is 45.6 Å². The Labute approximate surface area is 166 Å². The van der Waals surface area contributed by atoms with Crippen LogP contribution in [0, 0.1) is 0 Å². The molecule has 3 heterocycles. The smallest absolute Gasteiger partial charge is 0.231 e. The average Bonchev–Trinajstić information content (AvgIpc) is 3.25. The van der Waals surface area contributed by atoms with E-state index in [0.717, 1.165) is 67.5 Å². The van der Waals surface area contributed by atoms with Crippen LogP contribution in [0.15, 0.2) is 24.3 Å². The number of ether oxygens (including phenoxy) is 2. The summed E-state index contributed by atoms with van der Waals surface area (Å²) in [7, 11) is 0. The van der Waals surface area contributed by atoms with E-state index in [1.807, 2.05) is 24.3 Å². The molecule has 0 atom stereocenters. The minimum atomic E-state index is 0.685. The highest BCUT2D eigenvalue weighted by atomic mass is 35.5. The Kier molecular flexibility index (Phi) is 4.73. The molecule has 27 heavy (non-hydrogen) atoms. The topological polar surface area (TPSA) is 48.7 Å². The largest absolute Gasteiger partial charge is 0.438 e. The first-order valence-electron chi connectivity index (χ1n) is 9.42. The molecule has 5 nitrogen and oxygen atoms in total. The maximum Gasteiger partial charge on any atom is 0.231 e. The number of hydrogen-bond donors (Lipinski definition) is 1. The van der Waals surface area contributed by atoms with Gasteiger partial charge in [-0.2, -0.15) is 4.98 Å². The molecule has 140 valence electrons. The molecule has 0 bridgehead atoms. The van der Waals surface area contributed by atoms with Gasteiger partial charge in [-0.3, -0.25) is 0 Å². The van der Waals surface area contributed by atoms with E-state index in [-0.39, 0.29) is 0 Å². The van der Waals surface area contributed by atoms with E-state index in [4.69, 9.17) is 31.0 Å². The molecular weight excluding hydrogens is 382 g/mol. The van der Waals surface area contributed by atoms with Crippen LogP contribution >= 0.6 is 22.9 Å². The number of fused-ring (bicyclic) bond motifs is 3. The van der Waals surface area contributed by atoms with Gasteiger partial charge in [-0.05, 0) is 49.1 Å². The molecule has 0 spiro atoms. The molecule has 5 rings (SSSR count). The van der Waals surface area contributed by atoms with Crippen molar-refractivity contribution in [2.75, 3.05) is 26.3 Å². The molecule has 1 saturated heterocycles. The normalized spacial score (nSPS) is 17.4. The van der Waals surface area contributed by atoms with E-state index >= 15 is 0 Å². The summed E-state index contributed by atoms with van der Waals surface area (Å²) in [6.07, 6.45) is 3.43. The molecule has 1 aliphatic heterocycles. The summed E-state index contributed by atoms with van der Waals surface area (Å²) in [4.78, 5) is 13.7. The zero-order chi connectivity index (χ0) is 18.2. The Morgan fingerprint density at radius 3 is 2.74 bits per heavy atom. The first kappa shape index (κ1) is 17.4. The number of morpholine rings is 1. The Balaban J connectivity index is 1.54. The molecule has 0 radical (unpaired) electrons. The standard InChI is InChI=1S/C20H20ClN3O2S/c21-13-4-6-14(7-5-13)26-19-18-15-2-1-3-16(15)27-20(18)23-17(22-19)12-24-8-10-25-11-9-24/h4-7H,1-3,8-12H2/p+1. The summed E-state index contributed by atoms with van der Waals surface area (Å²) in [5.41, 5.74) is 1.38. The third kappa shape index (κ3) is 3.55. The maximum atomic E-state index is 6.22. The van der Waals surface area contributed by atoms with Crippen LogP contribution in [0.2, 0.25) is 5.02 Å². The van der Waals surface area contributed by atoms with Gasteiger partial charge in [0, 0.05) is 9.90 Å². The number of halogens is 1. The van der Waals surface area contributed by atoms with E-state index < -0.39 is 0 Å². The summed E-state index contributed by atoms with van der Waals surface area (Å²) in [6, 6.07) is 7.45. The predicted molar refractivity (Wildman–Crippen MR) is 106 cm³/mol. The molecule has 3 aromatic rings. The fourth-order valence-electron chi connectivity index (χ4n) is 3.83. The van der Waals surface area contributed by atoms with Gasteiger partial charge < -0.3 is 14.4 Å². The van der Waals surface area contributed by atoms with E-state index in [2.05, 4.69) is 0 Å². The van der Waals surface area contributed by atoms with Crippen molar-refractivity contribution in [1.82, 2.24) is 9.97 Å². The van der Waals surface area contributed by atoms with Crippen molar-refractivity contribution < 1.29 is 14.4 Å². The minimum Gasteiger partial charge on any atom is -0.438 e. The van der Waals surface area contributed by atoms with Crippen LogP contribution in [0.5, 0.6) is 11.6 Å². The molecule has 0 saturated carbocycles. The number of nitrogens with zero attached hydrogens (tertiary/aromatic N) is 2. The van der Waals surface area contributed by atoms with Crippen LogP contribution in [0.3, 0.4) is 0 Å². The van der Waals surface area contributed by atoms with Crippen LogP contribution < -0.4 is 9.64 Å². The fraction of sp³-hybridized carbons (Fsp3) is 0.400. The summed E-state index contributed by atoms with van der Waals surface area (Å²) < 4.78 is 11.7. The van der Waals surface area contributed by atoms with Crippen LogP contribution in [0.4, 0.5) is 0 Å². The third-order valence-corrected chi connectivity index (χ3v) is 6.65. The van der Waals surface area contributed by atoms with Gasteiger partial charge >= 0.3 is 0 Å². The lowest BCUT2D eigenvalue weighted by molar-refractivity contribution is -0.922. The van der Waals surface area contributed by atoms with Gasteiger partial charge in [-0.25, -0.2) is 4.98 Å². The lowest BCUT2D eigenvalue weighted by Gasteiger charge is -2.23. The Hall–Kier alpha value is -1.73. The number of aryl methyl sites for hydroxylation is 2. The molecule has 1 N–H and O–H groups in total. The van der Waals surface area contributed by atoms with Crippen molar-refractivity contribution in [2.45, 2.75) is 25.8 Å². The van der Waals surface area contributed by atoms with E-state index in [0.29, 0.717) is 10.9 Å². The third-order valence-electron chi connectivity index (χ3n) is 5.21. The van der Waals surface area contributed by atoms with Crippen molar-refractivity contribution >= 4 is 33.2 Å². The first-order valence-corrected chi connectivity index (χ1v) is 10.6. The Morgan fingerprint density at radius 2 is 1.93 bits per heavy atom. The number of hydrogen-bond acceptors (Lipinski definition) is 5. The SMILES string of the molecule is Clc1ccc(Oc2nc(C[NH+]3CCOCC3)nc3sc4c(c23)CCC4)cc1. The first-order chi connectivity index (χ1) is 13.3. The number of thiophene rings is 1.